The Balaban J connectivity index is 2.11. The molecule has 0 saturated heterocycles. The highest BCUT2D eigenvalue weighted by Gasteiger charge is 2.16. The summed E-state index contributed by atoms with van der Waals surface area (Å²) in [7, 11) is 0. The molecule has 0 aliphatic carbocycles. The Labute approximate surface area is 178 Å². The van der Waals surface area contributed by atoms with Crippen LogP contribution in [0.5, 0.6) is 5.75 Å². The van der Waals surface area contributed by atoms with Crippen molar-refractivity contribution in [1.29, 1.82) is 0 Å². The smallest absolute Gasteiger partial charge is 0.356 e. The minimum atomic E-state index is -0.418. The second-order valence-corrected chi connectivity index (χ2v) is 8.00. The predicted molar refractivity (Wildman–Crippen MR) is 121 cm³/mol. The standard InChI is InChI=1S/C26H27NO3/c1-6-13-29-22-12-11-21-14-24(26(28)30-16-17(2)3)27-25(23(21)15-22)20-9-7-19(8-10-20)18(4)5/h1,7-12,14-15,17-18H,13,16H2,2-5H3. The van der Waals surface area contributed by atoms with E-state index >= 15 is 0 Å². The minimum Gasteiger partial charge on any atom is -0.481 e. The lowest BCUT2D eigenvalue weighted by Gasteiger charge is -2.13. The molecule has 0 spiro atoms. The zero-order valence-corrected chi connectivity index (χ0v) is 17.9. The maximum absolute atomic E-state index is 12.6. The van der Waals surface area contributed by atoms with Gasteiger partial charge in [-0.25, -0.2) is 9.78 Å². The Morgan fingerprint density at radius 3 is 2.43 bits per heavy atom. The Morgan fingerprint density at radius 2 is 1.80 bits per heavy atom. The molecule has 1 heterocycles. The van der Waals surface area contributed by atoms with Crippen LogP contribution in [0.15, 0.2) is 48.5 Å². The number of fused-ring (bicyclic) bond motifs is 1. The molecule has 3 aromatic rings. The summed E-state index contributed by atoms with van der Waals surface area (Å²) in [5, 5.41) is 1.78. The van der Waals surface area contributed by atoms with E-state index in [0.717, 1.165) is 16.3 Å². The van der Waals surface area contributed by atoms with Gasteiger partial charge in [0.1, 0.15) is 18.1 Å². The van der Waals surface area contributed by atoms with Crippen molar-refractivity contribution >= 4 is 16.7 Å². The van der Waals surface area contributed by atoms with Crippen molar-refractivity contribution in [2.75, 3.05) is 13.2 Å². The molecule has 3 rings (SSSR count). The third-order valence-electron chi connectivity index (χ3n) is 4.73. The lowest BCUT2D eigenvalue weighted by atomic mass is 9.98. The van der Waals surface area contributed by atoms with Crippen LogP contribution >= 0.6 is 0 Å². The largest absolute Gasteiger partial charge is 0.481 e. The van der Waals surface area contributed by atoms with Gasteiger partial charge in [-0.2, -0.15) is 0 Å². The summed E-state index contributed by atoms with van der Waals surface area (Å²) in [6, 6.07) is 15.7. The molecule has 0 aliphatic heterocycles. The maximum Gasteiger partial charge on any atom is 0.356 e. The fraction of sp³-hybridized carbons (Fsp3) is 0.308. The van der Waals surface area contributed by atoms with E-state index in [0.29, 0.717) is 29.7 Å². The second kappa shape index (κ2) is 9.45. The third-order valence-corrected chi connectivity index (χ3v) is 4.73. The molecule has 0 N–H and O–H groups in total. The average molecular weight is 402 g/mol. The van der Waals surface area contributed by atoms with Crippen molar-refractivity contribution in [3.05, 3.63) is 59.8 Å². The van der Waals surface area contributed by atoms with E-state index in [1.165, 1.54) is 5.56 Å². The van der Waals surface area contributed by atoms with E-state index in [1.807, 2.05) is 44.2 Å². The highest BCUT2D eigenvalue weighted by atomic mass is 16.5. The lowest BCUT2D eigenvalue weighted by Crippen LogP contribution is -2.12. The van der Waals surface area contributed by atoms with Crippen molar-refractivity contribution in [1.82, 2.24) is 4.98 Å². The van der Waals surface area contributed by atoms with Crippen molar-refractivity contribution in [3.8, 4) is 29.4 Å². The van der Waals surface area contributed by atoms with Gasteiger partial charge in [0, 0.05) is 10.9 Å². The van der Waals surface area contributed by atoms with E-state index < -0.39 is 5.97 Å². The Bertz CT molecular complexity index is 1080. The van der Waals surface area contributed by atoms with E-state index in [2.05, 4.69) is 36.9 Å². The van der Waals surface area contributed by atoms with Gasteiger partial charge in [-0.05, 0) is 41.0 Å². The Hall–Kier alpha value is -3.32. The highest BCUT2D eigenvalue weighted by Crippen LogP contribution is 2.31. The molecule has 0 radical (unpaired) electrons. The number of nitrogens with zero attached hydrogens (tertiary/aromatic N) is 1. The molecule has 0 aliphatic rings. The number of benzene rings is 2. The van der Waals surface area contributed by atoms with Gasteiger partial charge in [-0.1, -0.05) is 63.9 Å². The van der Waals surface area contributed by atoms with Crippen LogP contribution in [0.4, 0.5) is 0 Å². The van der Waals surface area contributed by atoms with Gasteiger partial charge in [0.2, 0.25) is 0 Å². The average Bonchev–Trinajstić information content (AvgIpc) is 2.75. The van der Waals surface area contributed by atoms with Crippen LogP contribution in [0.1, 0.15) is 49.7 Å². The molecule has 0 unspecified atom stereocenters. The summed E-state index contributed by atoms with van der Waals surface area (Å²) < 4.78 is 11.0. The SMILES string of the molecule is C#CCOc1ccc2cc(C(=O)OCC(C)C)nc(-c3ccc(C(C)C)cc3)c2c1. The number of aromatic nitrogens is 1. The van der Waals surface area contributed by atoms with Crippen LogP contribution in [0.2, 0.25) is 0 Å². The van der Waals surface area contributed by atoms with Crippen LogP contribution in [0.25, 0.3) is 22.0 Å². The van der Waals surface area contributed by atoms with Crippen molar-refractivity contribution < 1.29 is 14.3 Å². The number of carbonyl (C=O) groups is 1. The number of ether oxygens (including phenoxy) is 2. The Kier molecular flexibility index (Phi) is 6.74. The molecule has 2 aromatic carbocycles. The molecule has 30 heavy (non-hydrogen) atoms. The van der Waals surface area contributed by atoms with Crippen molar-refractivity contribution in [3.63, 3.8) is 0 Å². The molecule has 154 valence electrons. The number of esters is 1. The first kappa shape index (κ1) is 21.4. The van der Waals surface area contributed by atoms with E-state index in [4.69, 9.17) is 15.9 Å². The first-order chi connectivity index (χ1) is 14.4. The fourth-order valence-corrected chi connectivity index (χ4v) is 3.11. The summed E-state index contributed by atoms with van der Waals surface area (Å²) in [5.74, 6) is 3.41. The zero-order valence-electron chi connectivity index (χ0n) is 17.9. The van der Waals surface area contributed by atoms with Crippen LogP contribution in [-0.2, 0) is 4.74 Å². The number of carbonyl (C=O) groups excluding carboxylic acids is 1. The summed E-state index contributed by atoms with van der Waals surface area (Å²) in [5.41, 5.74) is 3.18. The highest BCUT2D eigenvalue weighted by molar-refractivity contribution is 6.00. The van der Waals surface area contributed by atoms with Crippen molar-refractivity contribution in [2.24, 2.45) is 5.92 Å². The van der Waals surface area contributed by atoms with Gasteiger partial charge >= 0.3 is 5.97 Å². The first-order valence-electron chi connectivity index (χ1n) is 10.2. The molecule has 0 saturated carbocycles. The zero-order chi connectivity index (χ0) is 21.7. The molecule has 0 bridgehead atoms. The molecule has 0 fully saturated rings. The molecule has 4 heteroatoms. The van der Waals surface area contributed by atoms with E-state index in [1.54, 1.807) is 6.07 Å². The van der Waals surface area contributed by atoms with Crippen LogP contribution in [-0.4, -0.2) is 24.2 Å². The normalized spacial score (nSPS) is 11.0. The molecular weight excluding hydrogens is 374 g/mol. The third kappa shape index (κ3) is 4.99. The van der Waals surface area contributed by atoms with Gasteiger partial charge in [0.05, 0.1) is 12.3 Å². The molecular formula is C26H27NO3. The number of hydrogen-bond donors (Lipinski definition) is 0. The topological polar surface area (TPSA) is 48.4 Å². The Morgan fingerprint density at radius 1 is 1.07 bits per heavy atom. The van der Waals surface area contributed by atoms with Gasteiger partial charge < -0.3 is 9.47 Å². The van der Waals surface area contributed by atoms with Crippen LogP contribution in [0, 0.1) is 18.3 Å². The number of terminal acetylenes is 1. The maximum atomic E-state index is 12.6. The molecule has 0 atom stereocenters. The fourth-order valence-electron chi connectivity index (χ4n) is 3.11. The van der Waals surface area contributed by atoms with Crippen molar-refractivity contribution in [2.45, 2.75) is 33.6 Å². The summed E-state index contributed by atoms with van der Waals surface area (Å²) in [4.78, 5) is 17.3. The second-order valence-electron chi connectivity index (χ2n) is 8.00. The van der Waals surface area contributed by atoms with Gasteiger partial charge in [0.25, 0.3) is 0 Å². The minimum absolute atomic E-state index is 0.191. The number of pyridine rings is 1. The summed E-state index contributed by atoms with van der Waals surface area (Å²) >= 11 is 0. The van der Waals surface area contributed by atoms with Gasteiger partial charge in [-0.15, -0.1) is 6.42 Å². The number of hydrogen-bond acceptors (Lipinski definition) is 4. The van der Waals surface area contributed by atoms with Crippen LogP contribution in [0.3, 0.4) is 0 Å². The first-order valence-corrected chi connectivity index (χ1v) is 10.2. The molecule has 1 aromatic heterocycles. The monoisotopic (exact) mass is 401 g/mol. The van der Waals surface area contributed by atoms with Gasteiger partial charge in [-0.3, -0.25) is 0 Å². The summed E-state index contributed by atoms with van der Waals surface area (Å²) in [6.45, 7) is 8.86. The molecule has 0 amide bonds. The molecule has 4 nitrogen and oxygen atoms in total. The van der Waals surface area contributed by atoms with E-state index in [9.17, 15) is 4.79 Å². The predicted octanol–water partition coefficient (Wildman–Crippen LogP) is 5.85. The number of rotatable bonds is 7. The van der Waals surface area contributed by atoms with Crippen LogP contribution < -0.4 is 4.74 Å². The lowest BCUT2D eigenvalue weighted by molar-refractivity contribution is 0.0452. The summed E-state index contributed by atoms with van der Waals surface area (Å²) in [6.07, 6.45) is 5.31. The van der Waals surface area contributed by atoms with E-state index in [-0.39, 0.29) is 12.5 Å². The van der Waals surface area contributed by atoms with Gasteiger partial charge in [0.15, 0.2) is 0 Å². The quantitative estimate of drug-likeness (QED) is 0.368.